The van der Waals surface area contributed by atoms with Gasteiger partial charge in [-0.2, -0.15) is 0 Å². The molecule has 1 aromatic heterocycles. The van der Waals surface area contributed by atoms with E-state index < -0.39 is 29.2 Å². The van der Waals surface area contributed by atoms with Gasteiger partial charge in [-0.05, 0) is 59.8 Å². The molecule has 4 rings (SSSR count). The number of nitrogens with zero attached hydrogens (tertiary/aromatic N) is 1. The minimum Gasteiger partial charge on any atom is -0.423 e. The highest BCUT2D eigenvalue weighted by Crippen LogP contribution is 2.32. The summed E-state index contributed by atoms with van der Waals surface area (Å²) < 4.78 is 5.04. The van der Waals surface area contributed by atoms with E-state index in [0.29, 0.717) is 21.7 Å². The van der Waals surface area contributed by atoms with Crippen LogP contribution < -0.4 is 10.9 Å². The van der Waals surface area contributed by atoms with E-state index in [2.05, 4.69) is 5.32 Å². The van der Waals surface area contributed by atoms with Crippen molar-refractivity contribution in [2.24, 2.45) is 0 Å². The summed E-state index contributed by atoms with van der Waals surface area (Å²) >= 11 is 6.62. The Morgan fingerprint density at radius 2 is 1.83 bits per heavy atom. The number of thioether (sulfide) groups is 1. The lowest BCUT2D eigenvalue weighted by Crippen LogP contribution is -2.36. The van der Waals surface area contributed by atoms with Crippen molar-refractivity contribution in [2.45, 2.75) is 0 Å². The van der Waals surface area contributed by atoms with E-state index >= 15 is 0 Å². The van der Waals surface area contributed by atoms with Crippen molar-refractivity contribution in [3.63, 3.8) is 0 Å². The molecule has 0 radical (unpaired) electrons. The number of nitrogens with one attached hydrogen (secondary N) is 1. The Morgan fingerprint density at radius 3 is 2.60 bits per heavy atom. The Labute approximate surface area is 179 Å². The molecule has 1 aliphatic heterocycles. The summed E-state index contributed by atoms with van der Waals surface area (Å²) in [5.41, 5.74) is 1.09. The van der Waals surface area contributed by atoms with Crippen molar-refractivity contribution in [2.75, 3.05) is 11.9 Å². The molecule has 2 heterocycles. The monoisotopic (exact) mass is 440 g/mol. The SMILES string of the molecule is O=C(CN1C(=O)S/C(=C\c2ccc(Cl)cc2)C1=O)Nc1ccc2oc(=O)ccc2c1. The van der Waals surface area contributed by atoms with Crippen molar-refractivity contribution in [3.05, 3.63) is 80.5 Å². The molecule has 2 aromatic carbocycles. The van der Waals surface area contributed by atoms with Crippen molar-refractivity contribution >= 4 is 63.1 Å². The average molecular weight is 441 g/mol. The molecule has 0 saturated carbocycles. The molecular weight excluding hydrogens is 428 g/mol. The minimum atomic E-state index is -0.532. The number of benzene rings is 2. The summed E-state index contributed by atoms with van der Waals surface area (Å²) in [6.45, 7) is -0.412. The summed E-state index contributed by atoms with van der Waals surface area (Å²) in [4.78, 5) is 49.5. The average Bonchev–Trinajstić information content (AvgIpc) is 2.97. The van der Waals surface area contributed by atoms with Gasteiger partial charge in [0.2, 0.25) is 5.91 Å². The molecule has 0 atom stereocenters. The summed E-state index contributed by atoms with van der Waals surface area (Å²) in [5.74, 6) is -1.06. The second kappa shape index (κ2) is 8.17. The Hall–Kier alpha value is -3.36. The third-order valence-corrected chi connectivity index (χ3v) is 5.41. The summed E-state index contributed by atoms with van der Waals surface area (Å²) in [5, 5.41) is 3.31. The van der Waals surface area contributed by atoms with E-state index in [1.54, 1.807) is 54.6 Å². The van der Waals surface area contributed by atoms with Gasteiger partial charge in [0.1, 0.15) is 12.1 Å². The van der Waals surface area contributed by atoms with Crippen molar-refractivity contribution in [1.29, 1.82) is 0 Å². The number of hydrogen-bond donors (Lipinski definition) is 1. The number of imide groups is 1. The number of carbonyl (C=O) groups excluding carboxylic acids is 3. The predicted molar refractivity (Wildman–Crippen MR) is 115 cm³/mol. The van der Waals surface area contributed by atoms with Crippen molar-refractivity contribution < 1.29 is 18.8 Å². The maximum absolute atomic E-state index is 12.5. The molecule has 0 spiro atoms. The van der Waals surface area contributed by atoms with E-state index in [9.17, 15) is 19.2 Å². The number of halogens is 1. The van der Waals surface area contributed by atoms with Crippen LogP contribution in [0.15, 0.2) is 68.7 Å². The zero-order valence-electron chi connectivity index (χ0n) is 15.3. The summed E-state index contributed by atoms with van der Waals surface area (Å²) in [6, 6.07) is 14.4. The van der Waals surface area contributed by atoms with Crippen LogP contribution in [-0.2, 0) is 9.59 Å². The van der Waals surface area contributed by atoms with Crippen LogP contribution in [0.2, 0.25) is 5.02 Å². The Balaban J connectivity index is 1.45. The summed E-state index contributed by atoms with van der Waals surface area (Å²) in [7, 11) is 0. The Kier molecular flexibility index (Phi) is 5.43. The van der Waals surface area contributed by atoms with Gasteiger partial charge in [0.15, 0.2) is 0 Å². The normalized spacial score (nSPS) is 15.2. The van der Waals surface area contributed by atoms with Crippen LogP contribution in [0.3, 0.4) is 0 Å². The zero-order valence-corrected chi connectivity index (χ0v) is 16.8. The third-order valence-electron chi connectivity index (χ3n) is 4.25. The first kappa shape index (κ1) is 19.9. The maximum atomic E-state index is 12.5. The lowest BCUT2D eigenvalue weighted by atomic mass is 10.2. The fraction of sp³-hybridized carbons (Fsp3) is 0.0476. The summed E-state index contributed by atoms with van der Waals surface area (Å²) in [6.07, 6.45) is 1.58. The predicted octanol–water partition coefficient (Wildman–Crippen LogP) is 4.12. The minimum absolute atomic E-state index is 0.232. The molecule has 150 valence electrons. The maximum Gasteiger partial charge on any atom is 0.336 e. The van der Waals surface area contributed by atoms with Gasteiger partial charge in [-0.15, -0.1) is 0 Å². The zero-order chi connectivity index (χ0) is 21.3. The van der Waals surface area contributed by atoms with Crippen LogP contribution in [0.1, 0.15) is 5.56 Å². The third kappa shape index (κ3) is 4.29. The molecule has 30 heavy (non-hydrogen) atoms. The standard InChI is InChI=1S/C21H13ClN2O5S/c22-14-4-1-12(2-5-14)9-17-20(27)24(21(28)30-17)11-18(25)23-15-6-7-16-13(10-15)3-8-19(26)29-16/h1-10H,11H2,(H,23,25)/b17-9-. The first-order chi connectivity index (χ1) is 14.4. The van der Waals surface area contributed by atoms with Crippen LogP contribution >= 0.6 is 23.4 Å². The molecule has 0 aliphatic carbocycles. The van der Waals surface area contributed by atoms with Crippen LogP contribution in [0.5, 0.6) is 0 Å². The highest BCUT2D eigenvalue weighted by Gasteiger charge is 2.36. The van der Waals surface area contributed by atoms with E-state index in [-0.39, 0.29) is 4.91 Å². The first-order valence-electron chi connectivity index (χ1n) is 8.74. The van der Waals surface area contributed by atoms with Gasteiger partial charge < -0.3 is 9.73 Å². The first-order valence-corrected chi connectivity index (χ1v) is 9.93. The molecule has 7 nitrogen and oxygen atoms in total. The van der Waals surface area contributed by atoms with E-state index in [1.807, 2.05) is 0 Å². The van der Waals surface area contributed by atoms with Crippen LogP contribution in [-0.4, -0.2) is 28.5 Å². The molecule has 9 heteroatoms. The molecule has 1 aliphatic rings. The number of anilines is 1. The Bertz CT molecular complexity index is 1270. The smallest absolute Gasteiger partial charge is 0.336 e. The number of carbonyl (C=O) groups is 3. The van der Waals surface area contributed by atoms with Gasteiger partial charge in [0, 0.05) is 22.2 Å². The quantitative estimate of drug-likeness (QED) is 0.484. The lowest BCUT2D eigenvalue weighted by molar-refractivity contribution is -0.127. The van der Waals surface area contributed by atoms with E-state index in [0.717, 1.165) is 22.2 Å². The van der Waals surface area contributed by atoms with Gasteiger partial charge in [-0.1, -0.05) is 23.7 Å². The molecule has 0 bridgehead atoms. The number of hydrogen-bond acceptors (Lipinski definition) is 6. The highest BCUT2D eigenvalue weighted by molar-refractivity contribution is 8.18. The lowest BCUT2D eigenvalue weighted by Gasteiger charge is -2.12. The highest BCUT2D eigenvalue weighted by atomic mass is 35.5. The number of fused-ring (bicyclic) bond motifs is 1. The fourth-order valence-corrected chi connectivity index (χ4v) is 3.80. The van der Waals surface area contributed by atoms with Gasteiger partial charge >= 0.3 is 5.63 Å². The van der Waals surface area contributed by atoms with Crippen LogP contribution in [0.4, 0.5) is 10.5 Å². The second-order valence-corrected chi connectivity index (χ2v) is 7.80. The molecule has 1 N–H and O–H groups in total. The molecular formula is C21H13ClN2O5S. The van der Waals surface area contributed by atoms with E-state index in [1.165, 1.54) is 6.07 Å². The molecule has 1 saturated heterocycles. The van der Waals surface area contributed by atoms with Gasteiger partial charge in [-0.25, -0.2) is 4.79 Å². The topological polar surface area (TPSA) is 96.7 Å². The molecule has 0 unspecified atom stereocenters. The van der Waals surface area contributed by atoms with E-state index in [4.69, 9.17) is 16.0 Å². The molecule has 3 aromatic rings. The van der Waals surface area contributed by atoms with Crippen LogP contribution in [0, 0.1) is 0 Å². The van der Waals surface area contributed by atoms with Gasteiger partial charge in [0.05, 0.1) is 4.91 Å². The largest absolute Gasteiger partial charge is 0.423 e. The second-order valence-electron chi connectivity index (χ2n) is 6.37. The van der Waals surface area contributed by atoms with Gasteiger partial charge in [0.25, 0.3) is 11.1 Å². The van der Waals surface area contributed by atoms with Crippen molar-refractivity contribution in [3.8, 4) is 0 Å². The number of amides is 3. The van der Waals surface area contributed by atoms with Crippen LogP contribution in [0.25, 0.3) is 17.0 Å². The molecule has 1 fully saturated rings. The fourth-order valence-electron chi connectivity index (χ4n) is 2.84. The van der Waals surface area contributed by atoms with Gasteiger partial charge in [-0.3, -0.25) is 19.3 Å². The number of rotatable bonds is 4. The Morgan fingerprint density at radius 1 is 1.07 bits per heavy atom. The molecule has 3 amide bonds. The van der Waals surface area contributed by atoms with Crippen molar-refractivity contribution in [1.82, 2.24) is 4.90 Å².